The number of carbonyl (C=O) groups is 1. The van der Waals surface area contributed by atoms with Gasteiger partial charge in [0.05, 0.1) is 11.4 Å². The van der Waals surface area contributed by atoms with Gasteiger partial charge in [0.15, 0.2) is 5.82 Å². The highest BCUT2D eigenvalue weighted by molar-refractivity contribution is 7.95. The maximum Gasteiger partial charge on any atom is 0.410 e. The van der Waals surface area contributed by atoms with Crippen LogP contribution in [0.25, 0.3) is 0 Å². The molecule has 174 valence electrons. The zero-order valence-electron chi connectivity index (χ0n) is 18.1. The summed E-state index contributed by atoms with van der Waals surface area (Å²) < 4.78 is 75.7. The van der Waals surface area contributed by atoms with Crippen LogP contribution in [0.5, 0.6) is 0 Å². The van der Waals surface area contributed by atoms with Crippen LogP contribution in [-0.4, -0.2) is 45.1 Å². The molecule has 32 heavy (non-hydrogen) atoms. The van der Waals surface area contributed by atoms with Crippen molar-refractivity contribution in [3.63, 3.8) is 0 Å². The van der Waals surface area contributed by atoms with E-state index < -0.39 is 45.0 Å². The van der Waals surface area contributed by atoms with Crippen LogP contribution in [0.15, 0.2) is 36.4 Å². The van der Waals surface area contributed by atoms with E-state index in [1.54, 1.807) is 20.8 Å². The Morgan fingerprint density at radius 3 is 2.38 bits per heavy atom. The van der Waals surface area contributed by atoms with Gasteiger partial charge in [-0.15, -0.1) is 0 Å². The number of rotatable bonds is 5. The number of hydrogen-bond acceptors (Lipinski definition) is 4. The first-order valence-electron chi connectivity index (χ1n) is 9.83. The largest absolute Gasteiger partial charge is 0.444 e. The second kappa shape index (κ2) is 8.53. The normalized spacial score (nSPS) is 15.0. The molecule has 1 aliphatic rings. The molecule has 3 rings (SSSR count). The summed E-state index contributed by atoms with van der Waals surface area (Å²) >= 11 is 0. The quantitative estimate of drug-likeness (QED) is 0.641. The third-order valence-corrected chi connectivity index (χ3v) is 6.41. The van der Waals surface area contributed by atoms with Gasteiger partial charge in [-0.25, -0.2) is 22.3 Å². The van der Waals surface area contributed by atoms with Crippen LogP contribution >= 0.6 is 0 Å². The van der Waals surface area contributed by atoms with Crippen molar-refractivity contribution < 1.29 is 31.1 Å². The minimum Gasteiger partial charge on any atom is -0.444 e. The minimum atomic E-state index is -4.42. The smallest absolute Gasteiger partial charge is 0.410 e. The first-order valence-corrected chi connectivity index (χ1v) is 11.2. The predicted molar refractivity (Wildman–Crippen MR) is 115 cm³/mol. The summed E-state index contributed by atoms with van der Waals surface area (Å²) in [5, 5.41) is 0. The molecule has 2 aromatic rings. The molecule has 1 aliphatic heterocycles. The SMILES string of the molecule is CN(CCCN1c2cccc(F)c2N(c2ccc(F)cc2F)S1(=O)=O)C(=O)OC(C)(C)C. The number of hydrogen-bond donors (Lipinski definition) is 0. The van der Waals surface area contributed by atoms with E-state index in [0.29, 0.717) is 10.4 Å². The molecule has 0 atom stereocenters. The Morgan fingerprint density at radius 1 is 1.06 bits per heavy atom. The fourth-order valence-electron chi connectivity index (χ4n) is 3.25. The van der Waals surface area contributed by atoms with Crippen LogP contribution in [-0.2, 0) is 14.9 Å². The van der Waals surface area contributed by atoms with Crippen LogP contribution < -0.4 is 8.61 Å². The zero-order chi connectivity index (χ0) is 23.8. The molecule has 7 nitrogen and oxygen atoms in total. The van der Waals surface area contributed by atoms with Gasteiger partial charge in [-0.05, 0) is 51.5 Å². The van der Waals surface area contributed by atoms with Crippen molar-refractivity contribution in [3.05, 3.63) is 53.8 Å². The third kappa shape index (κ3) is 4.62. The van der Waals surface area contributed by atoms with Crippen LogP contribution in [0.3, 0.4) is 0 Å². The average molecular weight is 472 g/mol. The summed E-state index contributed by atoms with van der Waals surface area (Å²) in [5.74, 6) is -2.91. The highest BCUT2D eigenvalue weighted by Crippen LogP contribution is 2.47. The Hall–Kier alpha value is -2.95. The first-order chi connectivity index (χ1) is 14.8. The highest BCUT2D eigenvalue weighted by Gasteiger charge is 2.44. The van der Waals surface area contributed by atoms with E-state index in [0.717, 1.165) is 22.5 Å². The molecule has 1 heterocycles. The molecule has 0 bridgehead atoms. The Kier molecular flexibility index (Phi) is 6.32. The number of carbonyl (C=O) groups excluding carboxylic acids is 1. The number of ether oxygens (including phenoxy) is 1. The molecule has 0 N–H and O–H groups in total. The van der Waals surface area contributed by atoms with Crippen molar-refractivity contribution in [1.29, 1.82) is 0 Å². The summed E-state index contributed by atoms with van der Waals surface area (Å²) in [6.07, 6.45) is -0.367. The van der Waals surface area contributed by atoms with E-state index in [2.05, 4.69) is 0 Å². The summed E-state index contributed by atoms with van der Waals surface area (Å²) in [7, 11) is -2.90. The van der Waals surface area contributed by atoms with E-state index in [4.69, 9.17) is 4.74 Å². The number of fused-ring (bicyclic) bond motifs is 1. The monoisotopic (exact) mass is 471 g/mol. The number of para-hydroxylation sites is 1. The average Bonchev–Trinajstić information content (AvgIpc) is 2.88. The molecule has 2 aromatic carbocycles. The second-order valence-electron chi connectivity index (χ2n) is 8.30. The van der Waals surface area contributed by atoms with Gasteiger partial charge in [0, 0.05) is 26.2 Å². The van der Waals surface area contributed by atoms with Crippen molar-refractivity contribution in [2.24, 2.45) is 0 Å². The summed E-state index contributed by atoms with van der Waals surface area (Å²) in [5.41, 5.74) is -1.50. The topological polar surface area (TPSA) is 70.2 Å². The van der Waals surface area contributed by atoms with Gasteiger partial charge in [-0.2, -0.15) is 8.42 Å². The predicted octanol–water partition coefficient (Wildman–Crippen LogP) is 4.56. The molecule has 11 heteroatoms. The Morgan fingerprint density at radius 2 is 1.75 bits per heavy atom. The summed E-state index contributed by atoms with van der Waals surface area (Å²) in [6.45, 7) is 5.24. The number of halogens is 3. The van der Waals surface area contributed by atoms with Crippen molar-refractivity contribution in [2.75, 3.05) is 28.7 Å². The third-order valence-electron chi connectivity index (χ3n) is 4.63. The van der Waals surface area contributed by atoms with Crippen molar-refractivity contribution in [2.45, 2.75) is 32.8 Å². The molecule has 0 saturated heterocycles. The lowest BCUT2D eigenvalue weighted by Gasteiger charge is -2.26. The van der Waals surface area contributed by atoms with E-state index in [9.17, 15) is 26.4 Å². The first kappa shape index (κ1) is 23.7. The Balaban J connectivity index is 1.87. The second-order valence-corrected chi connectivity index (χ2v) is 10.0. The van der Waals surface area contributed by atoms with Gasteiger partial charge < -0.3 is 9.64 Å². The summed E-state index contributed by atoms with van der Waals surface area (Å²) in [6, 6.07) is 6.17. The molecule has 1 amide bonds. The summed E-state index contributed by atoms with van der Waals surface area (Å²) in [4.78, 5) is 13.4. The van der Waals surface area contributed by atoms with E-state index >= 15 is 0 Å². The van der Waals surface area contributed by atoms with E-state index in [-0.39, 0.29) is 30.9 Å². The van der Waals surface area contributed by atoms with Crippen molar-refractivity contribution in [3.8, 4) is 0 Å². The Labute approximate surface area is 185 Å². The minimum absolute atomic E-state index is 0.0219. The van der Waals surface area contributed by atoms with Crippen molar-refractivity contribution >= 4 is 33.4 Å². The van der Waals surface area contributed by atoms with E-state index in [1.807, 2.05) is 0 Å². The van der Waals surface area contributed by atoms with Gasteiger partial charge in [0.1, 0.15) is 22.9 Å². The molecule has 0 aliphatic carbocycles. The fraction of sp³-hybridized carbons (Fsp3) is 0.381. The number of anilines is 3. The van der Waals surface area contributed by atoms with Crippen LogP contribution in [0.1, 0.15) is 27.2 Å². The maximum atomic E-state index is 14.7. The lowest BCUT2D eigenvalue weighted by Crippen LogP contribution is -2.39. The van der Waals surface area contributed by atoms with Crippen LogP contribution in [0, 0.1) is 17.5 Å². The molecule has 0 radical (unpaired) electrons. The molecule has 0 saturated carbocycles. The number of benzene rings is 2. The maximum absolute atomic E-state index is 14.7. The van der Waals surface area contributed by atoms with Gasteiger partial charge in [-0.1, -0.05) is 6.07 Å². The van der Waals surface area contributed by atoms with Crippen LogP contribution in [0.2, 0.25) is 0 Å². The Bertz CT molecular complexity index is 1140. The fourth-order valence-corrected chi connectivity index (χ4v) is 5.01. The van der Waals surface area contributed by atoms with Gasteiger partial charge in [0.25, 0.3) is 0 Å². The molecule has 0 aromatic heterocycles. The molecule has 0 spiro atoms. The lowest BCUT2D eigenvalue weighted by molar-refractivity contribution is 0.0298. The van der Waals surface area contributed by atoms with Crippen molar-refractivity contribution in [1.82, 2.24) is 4.90 Å². The van der Waals surface area contributed by atoms with Crippen LogP contribution in [0.4, 0.5) is 35.0 Å². The molecular formula is C21H24F3N3O4S. The van der Waals surface area contributed by atoms with Gasteiger partial charge >= 0.3 is 16.3 Å². The standard InChI is InChI=1S/C21H24F3N3O4S/c1-21(2,3)31-20(28)25(4)11-6-12-26-18-8-5-7-15(23)19(18)27(32(26,29)30)17-10-9-14(22)13-16(17)24/h5,7-10,13H,6,11-12H2,1-4H3. The lowest BCUT2D eigenvalue weighted by atomic mass is 10.2. The number of amides is 1. The highest BCUT2D eigenvalue weighted by atomic mass is 32.2. The number of nitrogens with zero attached hydrogens (tertiary/aromatic N) is 3. The zero-order valence-corrected chi connectivity index (χ0v) is 18.9. The molecule has 0 fully saturated rings. The molecular weight excluding hydrogens is 447 g/mol. The molecule has 0 unspecified atom stereocenters. The van der Waals surface area contributed by atoms with Gasteiger partial charge in [0.2, 0.25) is 0 Å². The van der Waals surface area contributed by atoms with E-state index in [1.165, 1.54) is 24.1 Å². The van der Waals surface area contributed by atoms with Gasteiger partial charge in [-0.3, -0.25) is 4.31 Å².